The Balaban J connectivity index is 2.12. The van der Waals surface area contributed by atoms with Crippen LogP contribution in [0.3, 0.4) is 0 Å². The van der Waals surface area contributed by atoms with Gasteiger partial charge in [-0.05, 0) is 33.7 Å². The SMILES string of the molecule is O=[N+]([O-])c1ccccc1SSc1ncccn1. The second kappa shape index (κ2) is 5.65. The van der Waals surface area contributed by atoms with Crippen molar-refractivity contribution >= 4 is 27.3 Å². The first kappa shape index (κ1) is 11.9. The molecule has 17 heavy (non-hydrogen) atoms. The van der Waals surface area contributed by atoms with Gasteiger partial charge in [-0.2, -0.15) is 0 Å². The van der Waals surface area contributed by atoms with E-state index in [2.05, 4.69) is 9.97 Å². The van der Waals surface area contributed by atoms with Crippen LogP contribution in [0.1, 0.15) is 0 Å². The Hall–Kier alpha value is -1.60. The van der Waals surface area contributed by atoms with E-state index in [-0.39, 0.29) is 5.69 Å². The fourth-order valence-electron chi connectivity index (χ4n) is 1.09. The van der Waals surface area contributed by atoms with Crippen molar-refractivity contribution in [3.05, 3.63) is 52.8 Å². The zero-order valence-corrected chi connectivity index (χ0v) is 10.1. The Labute approximate surface area is 105 Å². The topological polar surface area (TPSA) is 68.9 Å². The molecule has 0 aliphatic heterocycles. The fourth-order valence-corrected chi connectivity index (χ4v) is 3.00. The number of nitro groups is 1. The highest BCUT2D eigenvalue weighted by Crippen LogP contribution is 2.39. The lowest BCUT2D eigenvalue weighted by molar-refractivity contribution is -0.387. The summed E-state index contributed by atoms with van der Waals surface area (Å²) in [5, 5.41) is 11.4. The van der Waals surface area contributed by atoms with Crippen molar-refractivity contribution in [3.8, 4) is 0 Å². The van der Waals surface area contributed by atoms with Crippen molar-refractivity contribution in [1.82, 2.24) is 9.97 Å². The Morgan fingerprint density at radius 1 is 1.06 bits per heavy atom. The maximum atomic E-state index is 10.8. The van der Waals surface area contributed by atoms with Crippen LogP contribution >= 0.6 is 21.6 Å². The molecule has 0 amide bonds. The molecule has 1 aromatic carbocycles. The predicted octanol–water partition coefficient (Wildman–Crippen LogP) is 3.18. The van der Waals surface area contributed by atoms with E-state index in [1.807, 2.05) is 0 Å². The monoisotopic (exact) mass is 265 g/mol. The van der Waals surface area contributed by atoms with Crippen molar-refractivity contribution in [3.63, 3.8) is 0 Å². The van der Waals surface area contributed by atoms with Crippen molar-refractivity contribution in [2.75, 3.05) is 0 Å². The third kappa shape index (κ3) is 3.18. The molecule has 0 aliphatic carbocycles. The summed E-state index contributed by atoms with van der Waals surface area (Å²) in [6.07, 6.45) is 3.27. The van der Waals surface area contributed by atoms with E-state index in [0.717, 1.165) is 0 Å². The molecule has 0 N–H and O–H groups in total. The molecule has 5 nitrogen and oxygen atoms in total. The molecule has 0 atom stereocenters. The van der Waals surface area contributed by atoms with E-state index in [4.69, 9.17) is 0 Å². The second-order valence-electron chi connectivity index (χ2n) is 2.92. The molecule has 2 rings (SSSR count). The highest BCUT2D eigenvalue weighted by Gasteiger charge is 2.13. The molecule has 0 radical (unpaired) electrons. The largest absolute Gasteiger partial charge is 0.283 e. The lowest BCUT2D eigenvalue weighted by atomic mass is 10.3. The quantitative estimate of drug-likeness (QED) is 0.366. The van der Waals surface area contributed by atoms with Crippen molar-refractivity contribution in [2.24, 2.45) is 0 Å². The van der Waals surface area contributed by atoms with E-state index in [9.17, 15) is 10.1 Å². The van der Waals surface area contributed by atoms with Gasteiger partial charge in [0, 0.05) is 18.5 Å². The smallest absolute Gasteiger partial charge is 0.258 e. The minimum Gasteiger partial charge on any atom is -0.258 e. The van der Waals surface area contributed by atoms with Gasteiger partial charge in [-0.1, -0.05) is 12.1 Å². The van der Waals surface area contributed by atoms with Crippen LogP contribution in [0.5, 0.6) is 0 Å². The molecule has 0 unspecified atom stereocenters. The highest BCUT2D eigenvalue weighted by molar-refractivity contribution is 8.76. The molecule has 1 heterocycles. The molecule has 0 fully saturated rings. The molecule has 0 spiro atoms. The van der Waals surface area contributed by atoms with Crippen LogP contribution in [-0.4, -0.2) is 14.9 Å². The number of hydrogen-bond acceptors (Lipinski definition) is 6. The van der Waals surface area contributed by atoms with Gasteiger partial charge in [-0.25, -0.2) is 9.97 Å². The van der Waals surface area contributed by atoms with Gasteiger partial charge < -0.3 is 0 Å². The van der Waals surface area contributed by atoms with Crippen LogP contribution < -0.4 is 0 Å². The summed E-state index contributed by atoms with van der Waals surface area (Å²) in [5.74, 6) is 0. The first-order valence-corrected chi connectivity index (χ1v) is 6.77. The molecule has 1 aromatic heterocycles. The second-order valence-corrected chi connectivity index (χ2v) is 5.06. The molecule has 2 aromatic rings. The van der Waals surface area contributed by atoms with Crippen LogP contribution in [0.25, 0.3) is 0 Å². The van der Waals surface area contributed by atoms with Crippen LogP contribution in [-0.2, 0) is 0 Å². The third-order valence-electron chi connectivity index (χ3n) is 1.81. The summed E-state index contributed by atoms with van der Waals surface area (Å²) in [4.78, 5) is 19.0. The lowest BCUT2D eigenvalue weighted by Gasteiger charge is -2.00. The van der Waals surface area contributed by atoms with Gasteiger partial charge in [0.25, 0.3) is 5.69 Å². The summed E-state index contributed by atoms with van der Waals surface area (Å²) in [6, 6.07) is 8.32. The van der Waals surface area contributed by atoms with Gasteiger partial charge in [0.2, 0.25) is 0 Å². The van der Waals surface area contributed by atoms with Crippen LogP contribution in [0.2, 0.25) is 0 Å². The Morgan fingerprint density at radius 2 is 1.76 bits per heavy atom. The predicted molar refractivity (Wildman–Crippen MR) is 66.8 cm³/mol. The zero-order valence-electron chi connectivity index (χ0n) is 8.52. The fraction of sp³-hybridized carbons (Fsp3) is 0. The molecular weight excluding hydrogens is 258 g/mol. The van der Waals surface area contributed by atoms with Gasteiger partial charge in [-0.3, -0.25) is 10.1 Å². The van der Waals surface area contributed by atoms with Gasteiger partial charge in [-0.15, -0.1) is 0 Å². The standard InChI is InChI=1S/C10H7N3O2S2/c14-13(15)8-4-1-2-5-9(8)16-17-10-11-6-3-7-12-10/h1-7H. The Kier molecular flexibility index (Phi) is 3.94. The van der Waals surface area contributed by atoms with E-state index in [0.29, 0.717) is 10.1 Å². The Morgan fingerprint density at radius 3 is 2.47 bits per heavy atom. The average Bonchev–Trinajstić information content (AvgIpc) is 2.38. The highest BCUT2D eigenvalue weighted by atomic mass is 33.1. The average molecular weight is 265 g/mol. The number of rotatable bonds is 4. The summed E-state index contributed by atoms with van der Waals surface area (Å²) < 4.78 is 0. The van der Waals surface area contributed by atoms with Gasteiger partial charge in [0.15, 0.2) is 5.16 Å². The van der Waals surface area contributed by atoms with Crippen molar-refractivity contribution in [1.29, 1.82) is 0 Å². The summed E-state index contributed by atoms with van der Waals surface area (Å²) in [6.45, 7) is 0. The Bertz CT molecular complexity index is 522. The summed E-state index contributed by atoms with van der Waals surface area (Å²) in [5.41, 5.74) is 0.0981. The summed E-state index contributed by atoms with van der Waals surface area (Å²) in [7, 11) is 2.57. The molecule has 7 heteroatoms. The number of para-hydroxylation sites is 1. The minimum atomic E-state index is -0.394. The first-order chi connectivity index (χ1) is 8.27. The van der Waals surface area contributed by atoms with E-state index < -0.39 is 4.92 Å². The molecule has 0 saturated heterocycles. The number of hydrogen-bond donors (Lipinski definition) is 0. The van der Waals surface area contributed by atoms with Gasteiger partial charge >= 0.3 is 0 Å². The lowest BCUT2D eigenvalue weighted by Crippen LogP contribution is -1.89. The van der Waals surface area contributed by atoms with E-state index in [1.54, 1.807) is 36.7 Å². The molecule has 86 valence electrons. The third-order valence-corrected chi connectivity index (χ3v) is 4.01. The maximum absolute atomic E-state index is 10.8. The normalized spacial score (nSPS) is 10.1. The van der Waals surface area contributed by atoms with E-state index >= 15 is 0 Å². The number of aromatic nitrogens is 2. The van der Waals surface area contributed by atoms with Crippen LogP contribution in [0.4, 0.5) is 5.69 Å². The van der Waals surface area contributed by atoms with Crippen molar-refractivity contribution in [2.45, 2.75) is 10.1 Å². The number of nitro benzene ring substituents is 1. The molecule has 0 aliphatic rings. The first-order valence-electron chi connectivity index (χ1n) is 4.62. The molecular formula is C10H7N3O2S2. The maximum Gasteiger partial charge on any atom is 0.283 e. The van der Waals surface area contributed by atoms with Crippen molar-refractivity contribution < 1.29 is 4.92 Å². The van der Waals surface area contributed by atoms with Gasteiger partial charge in [0.05, 0.1) is 9.82 Å². The molecule has 0 saturated carbocycles. The van der Waals surface area contributed by atoms with Gasteiger partial charge in [0.1, 0.15) is 0 Å². The van der Waals surface area contributed by atoms with E-state index in [1.165, 1.54) is 27.7 Å². The number of benzene rings is 1. The number of nitrogens with zero attached hydrogens (tertiary/aromatic N) is 3. The minimum absolute atomic E-state index is 0.0981. The summed E-state index contributed by atoms with van der Waals surface area (Å²) >= 11 is 0. The molecule has 0 bridgehead atoms. The van der Waals surface area contributed by atoms with Crippen LogP contribution in [0.15, 0.2) is 52.8 Å². The van der Waals surface area contributed by atoms with Crippen LogP contribution in [0, 0.1) is 10.1 Å². The zero-order chi connectivity index (χ0) is 12.1.